The van der Waals surface area contributed by atoms with Gasteiger partial charge in [-0.25, -0.2) is 0 Å². The number of rotatable bonds is 5. The number of aromatic nitrogens is 1. The fraction of sp³-hybridized carbons (Fsp3) is 0.500. The van der Waals surface area contributed by atoms with Crippen LogP contribution in [-0.4, -0.2) is 33.9 Å². The van der Waals surface area contributed by atoms with Crippen molar-refractivity contribution in [2.24, 2.45) is 5.92 Å². The van der Waals surface area contributed by atoms with Crippen LogP contribution in [0.15, 0.2) is 24.5 Å². The first-order valence-electron chi connectivity index (χ1n) is 6.55. The molecule has 1 saturated carbocycles. The van der Waals surface area contributed by atoms with Crippen LogP contribution in [0.1, 0.15) is 36.5 Å². The van der Waals surface area contributed by atoms with E-state index in [-0.39, 0.29) is 18.1 Å². The molecule has 102 valence electrons. The molecule has 1 aromatic heterocycles. The number of hydrogen-bond donors (Lipinski definition) is 2. The van der Waals surface area contributed by atoms with Gasteiger partial charge in [-0.2, -0.15) is 0 Å². The van der Waals surface area contributed by atoms with Crippen molar-refractivity contribution in [3.8, 4) is 0 Å². The van der Waals surface area contributed by atoms with Gasteiger partial charge in [0.2, 0.25) is 0 Å². The summed E-state index contributed by atoms with van der Waals surface area (Å²) in [6, 6.07) is 3.15. The number of pyridine rings is 1. The molecule has 2 N–H and O–H groups in total. The summed E-state index contributed by atoms with van der Waals surface area (Å²) in [7, 11) is 0. The molecule has 0 radical (unpaired) electrons. The highest BCUT2D eigenvalue weighted by atomic mass is 16.3. The molecule has 2 rings (SSSR count). The monoisotopic (exact) mass is 262 g/mol. The van der Waals surface area contributed by atoms with Gasteiger partial charge in [-0.1, -0.05) is 6.92 Å². The zero-order chi connectivity index (χ0) is 13.8. The van der Waals surface area contributed by atoms with E-state index in [1.54, 1.807) is 18.3 Å². The molecular weight excluding hydrogens is 244 g/mol. The molecule has 19 heavy (non-hydrogen) atoms. The first kappa shape index (κ1) is 13.7. The van der Waals surface area contributed by atoms with Crippen molar-refractivity contribution < 1.29 is 14.7 Å². The number of carbonyl (C=O) groups excluding carboxylic acids is 2. The maximum Gasteiger partial charge on any atom is 0.292 e. The topological polar surface area (TPSA) is 79.3 Å². The maximum absolute atomic E-state index is 11.9. The lowest BCUT2D eigenvalue weighted by Crippen LogP contribution is -2.48. The Bertz CT molecular complexity index is 455. The third-order valence-electron chi connectivity index (χ3n) is 3.60. The normalized spacial score (nSPS) is 23.3. The zero-order valence-electron chi connectivity index (χ0n) is 10.9. The summed E-state index contributed by atoms with van der Waals surface area (Å²) in [5.41, 5.74) is 0.295. The molecule has 1 aromatic rings. The number of carbonyl (C=O) groups is 2. The van der Waals surface area contributed by atoms with E-state index in [4.69, 9.17) is 0 Å². The Labute approximate surface area is 112 Å². The van der Waals surface area contributed by atoms with Crippen LogP contribution in [0.25, 0.3) is 0 Å². The Kier molecular flexibility index (Phi) is 4.27. The number of nitrogens with one attached hydrogen (secondary N) is 1. The number of aliphatic hydroxyl groups is 1. The second kappa shape index (κ2) is 5.93. The minimum Gasteiger partial charge on any atom is -0.393 e. The molecule has 1 aliphatic carbocycles. The molecule has 0 aliphatic heterocycles. The molecule has 0 bridgehead atoms. The third kappa shape index (κ3) is 3.17. The van der Waals surface area contributed by atoms with Gasteiger partial charge in [-0.15, -0.1) is 0 Å². The van der Waals surface area contributed by atoms with E-state index in [1.807, 2.05) is 6.92 Å². The van der Waals surface area contributed by atoms with E-state index in [0.717, 1.165) is 6.42 Å². The summed E-state index contributed by atoms with van der Waals surface area (Å²) >= 11 is 0. The van der Waals surface area contributed by atoms with Crippen molar-refractivity contribution >= 4 is 11.7 Å². The number of hydrogen-bond acceptors (Lipinski definition) is 4. The summed E-state index contributed by atoms with van der Waals surface area (Å²) in [6.07, 6.45) is 4.82. The van der Waals surface area contributed by atoms with Crippen molar-refractivity contribution in [3.05, 3.63) is 30.1 Å². The van der Waals surface area contributed by atoms with E-state index in [9.17, 15) is 14.7 Å². The lowest BCUT2D eigenvalue weighted by atomic mass is 9.76. The third-order valence-corrected chi connectivity index (χ3v) is 3.60. The molecule has 5 nitrogen and oxygen atoms in total. The molecule has 1 aliphatic rings. The summed E-state index contributed by atoms with van der Waals surface area (Å²) < 4.78 is 0. The molecule has 0 spiro atoms. The van der Waals surface area contributed by atoms with Crippen LogP contribution in [0, 0.1) is 5.92 Å². The maximum atomic E-state index is 11.9. The van der Waals surface area contributed by atoms with Crippen LogP contribution < -0.4 is 5.32 Å². The first-order chi connectivity index (χ1) is 9.11. The summed E-state index contributed by atoms with van der Waals surface area (Å²) in [5, 5.41) is 12.1. The smallest absolute Gasteiger partial charge is 0.292 e. The van der Waals surface area contributed by atoms with Gasteiger partial charge < -0.3 is 10.4 Å². The second-order valence-electron chi connectivity index (χ2n) is 4.94. The molecule has 1 heterocycles. The van der Waals surface area contributed by atoms with Gasteiger partial charge in [0.25, 0.3) is 11.7 Å². The highest BCUT2D eigenvalue weighted by Crippen LogP contribution is 2.31. The van der Waals surface area contributed by atoms with E-state index in [1.165, 1.54) is 6.20 Å². The van der Waals surface area contributed by atoms with E-state index >= 15 is 0 Å². The summed E-state index contributed by atoms with van der Waals surface area (Å²) in [5.74, 6) is -0.890. The Morgan fingerprint density at radius 3 is 2.79 bits per heavy atom. The number of Topliss-reactive ketones (excluding diaryl/α,β-unsaturated/α-hetero) is 1. The fourth-order valence-corrected chi connectivity index (χ4v) is 2.37. The molecule has 0 unspecified atom stereocenters. The lowest BCUT2D eigenvalue weighted by Gasteiger charge is -2.37. The van der Waals surface area contributed by atoms with Crippen LogP contribution in [0.4, 0.5) is 0 Å². The van der Waals surface area contributed by atoms with Crippen molar-refractivity contribution in [2.45, 2.75) is 38.3 Å². The Balaban J connectivity index is 1.94. The fourth-order valence-electron chi connectivity index (χ4n) is 2.37. The van der Waals surface area contributed by atoms with E-state index in [2.05, 4.69) is 10.3 Å². The van der Waals surface area contributed by atoms with Gasteiger partial charge in [0, 0.05) is 24.0 Å². The van der Waals surface area contributed by atoms with Crippen LogP contribution in [-0.2, 0) is 4.79 Å². The van der Waals surface area contributed by atoms with Crippen LogP contribution >= 0.6 is 0 Å². The predicted octanol–water partition coefficient (Wildman–Crippen LogP) is 0.930. The van der Waals surface area contributed by atoms with E-state index < -0.39 is 11.7 Å². The highest BCUT2D eigenvalue weighted by molar-refractivity contribution is 6.42. The van der Waals surface area contributed by atoms with Gasteiger partial charge in [-0.05, 0) is 37.3 Å². The average molecular weight is 262 g/mol. The van der Waals surface area contributed by atoms with Gasteiger partial charge in [0.05, 0.1) is 6.10 Å². The van der Waals surface area contributed by atoms with Gasteiger partial charge in [-0.3, -0.25) is 14.6 Å². The molecule has 0 aromatic carbocycles. The van der Waals surface area contributed by atoms with Crippen LogP contribution in [0.2, 0.25) is 0 Å². The quantitative estimate of drug-likeness (QED) is 0.611. The Morgan fingerprint density at radius 1 is 1.53 bits per heavy atom. The van der Waals surface area contributed by atoms with Crippen molar-refractivity contribution in [1.29, 1.82) is 0 Å². The number of ketones is 1. The van der Waals surface area contributed by atoms with Crippen molar-refractivity contribution in [3.63, 3.8) is 0 Å². The predicted molar refractivity (Wildman–Crippen MR) is 69.5 cm³/mol. The second-order valence-corrected chi connectivity index (χ2v) is 4.94. The van der Waals surface area contributed by atoms with Gasteiger partial charge >= 0.3 is 0 Å². The zero-order valence-corrected chi connectivity index (χ0v) is 10.9. The van der Waals surface area contributed by atoms with E-state index in [0.29, 0.717) is 18.4 Å². The van der Waals surface area contributed by atoms with Crippen LogP contribution in [0.5, 0.6) is 0 Å². The highest BCUT2D eigenvalue weighted by Gasteiger charge is 2.34. The van der Waals surface area contributed by atoms with Gasteiger partial charge in [0.15, 0.2) is 0 Å². The van der Waals surface area contributed by atoms with Crippen molar-refractivity contribution in [1.82, 2.24) is 10.3 Å². The number of amides is 1. The minimum atomic E-state index is -0.596. The Hall–Kier alpha value is -1.75. The van der Waals surface area contributed by atoms with Gasteiger partial charge in [0.1, 0.15) is 0 Å². The SMILES string of the molecule is CC[C@H](NC(=O)C(=O)c1cccnc1)C1CC(O)C1. The average Bonchev–Trinajstić information content (AvgIpc) is 2.41. The van der Waals surface area contributed by atoms with Crippen molar-refractivity contribution in [2.75, 3.05) is 0 Å². The minimum absolute atomic E-state index is 0.0449. The van der Waals surface area contributed by atoms with Crippen LogP contribution in [0.3, 0.4) is 0 Å². The molecule has 1 amide bonds. The standard InChI is InChI=1S/C14H18N2O3/c1-2-12(10-6-11(17)7-10)16-14(19)13(18)9-4-3-5-15-8-9/h3-5,8,10-12,17H,2,6-7H2,1H3,(H,16,19)/t10?,11?,12-/m0/s1. The number of aliphatic hydroxyl groups excluding tert-OH is 1. The summed E-state index contributed by atoms with van der Waals surface area (Å²) in [6.45, 7) is 1.96. The largest absolute Gasteiger partial charge is 0.393 e. The summed E-state index contributed by atoms with van der Waals surface area (Å²) in [4.78, 5) is 27.6. The molecule has 0 saturated heterocycles. The lowest BCUT2D eigenvalue weighted by molar-refractivity contribution is -0.118. The first-order valence-corrected chi connectivity index (χ1v) is 6.55. The Morgan fingerprint density at radius 2 is 2.26 bits per heavy atom. The number of nitrogens with zero attached hydrogens (tertiary/aromatic N) is 1. The molecule has 1 atom stereocenters. The molecular formula is C14H18N2O3. The molecule has 1 fully saturated rings. The molecule has 5 heteroatoms.